The molecule has 0 saturated heterocycles. The van der Waals surface area contributed by atoms with Crippen LogP contribution in [0.4, 0.5) is 4.39 Å². The minimum Gasteiger partial charge on any atom is -0.478 e. The summed E-state index contributed by atoms with van der Waals surface area (Å²) in [6, 6.07) is 12.6. The van der Waals surface area contributed by atoms with Gasteiger partial charge in [-0.15, -0.1) is 0 Å². The van der Waals surface area contributed by atoms with Gasteiger partial charge < -0.3 is 10.1 Å². The van der Waals surface area contributed by atoms with Crippen LogP contribution in [0.1, 0.15) is 17.3 Å². The van der Waals surface area contributed by atoms with E-state index in [-0.39, 0.29) is 12.3 Å². The maximum atomic E-state index is 13.5. The maximum Gasteiger partial charge on any atom is 0.279 e. The van der Waals surface area contributed by atoms with Crippen molar-refractivity contribution in [1.29, 1.82) is 0 Å². The third kappa shape index (κ3) is 6.20. The van der Waals surface area contributed by atoms with Crippen molar-refractivity contribution in [3.63, 3.8) is 0 Å². The maximum absolute atomic E-state index is 13.5. The molecule has 2 aromatic rings. The Kier molecular flexibility index (Phi) is 7.53. The number of hydrazine groups is 1. The van der Waals surface area contributed by atoms with Gasteiger partial charge in [-0.2, -0.15) is 0 Å². The SMILES string of the molecule is CC(Oc1ccccc1F)C(=O)NNC(=O)CNC(=O)c1ccccc1I. The number of hydrogen-bond acceptors (Lipinski definition) is 4. The van der Waals surface area contributed by atoms with E-state index in [9.17, 15) is 18.8 Å². The van der Waals surface area contributed by atoms with Crippen molar-refractivity contribution in [2.45, 2.75) is 13.0 Å². The van der Waals surface area contributed by atoms with Crippen LogP contribution in [0.5, 0.6) is 5.75 Å². The number of nitrogens with one attached hydrogen (secondary N) is 3. The lowest BCUT2D eigenvalue weighted by molar-refractivity contribution is -0.132. The highest BCUT2D eigenvalue weighted by Crippen LogP contribution is 2.16. The van der Waals surface area contributed by atoms with E-state index in [0.717, 1.165) is 3.57 Å². The topological polar surface area (TPSA) is 96.5 Å². The molecule has 0 saturated carbocycles. The molecule has 27 heavy (non-hydrogen) atoms. The lowest BCUT2D eigenvalue weighted by atomic mass is 10.2. The zero-order valence-corrected chi connectivity index (χ0v) is 16.4. The summed E-state index contributed by atoms with van der Waals surface area (Å²) in [5, 5.41) is 2.45. The Bertz CT molecular complexity index is 847. The molecule has 1 atom stereocenters. The quantitative estimate of drug-likeness (QED) is 0.430. The van der Waals surface area contributed by atoms with E-state index in [2.05, 4.69) is 16.2 Å². The van der Waals surface area contributed by atoms with E-state index in [4.69, 9.17) is 4.74 Å². The average Bonchev–Trinajstić information content (AvgIpc) is 2.66. The molecular formula is C18H17FIN3O4. The van der Waals surface area contributed by atoms with Gasteiger partial charge in [0.2, 0.25) is 0 Å². The Hall–Kier alpha value is -2.69. The third-order valence-corrected chi connectivity index (χ3v) is 4.30. The summed E-state index contributed by atoms with van der Waals surface area (Å²) in [6.07, 6.45) is -1.04. The summed E-state index contributed by atoms with van der Waals surface area (Å²) >= 11 is 2.02. The molecule has 0 aliphatic heterocycles. The first-order valence-corrected chi connectivity index (χ1v) is 8.99. The largest absolute Gasteiger partial charge is 0.478 e. The van der Waals surface area contributed by atoms with Crippen LogP contribution >= 0.6 is 22.6 Å². The summed E-state index contributed by atoms with van der Waals surface area (Å²) in [6.45, 7) is 1.08. The number of rotatable bonds is 6. The summed E-state index contributed by atoms with van der Waals surface area (Å²) in [5.74, 6) is -2.37. The van der Waals surface area contributed by atoms with E-state index in [1.807, 2.05) is 22.6 Å². The predicted molar refractivity (Wildman–Crippen MR) is 104 cm³/mol. The van der Waals surface area contributed by atoms with Gasteiger partial charge in [0.15, 0.2) is 17.7 Å². The molecule has 142 valence electrons. The highest BCUT2D eigenvalue weighted by molar-refractivity contribution is 14.1. The van der Waals surface area contributed by atoms with E-state index in [0.29, 0.717) is 5.56 Å². The molecule has 7 nitrogen and oxygen atoms in total. The Labute approximate surface area is 168 Å². The van der Waals surface area contributed by atoms with Crippen LogP contribution in [0.3, 0.4) is 0 Å². The highest BCUT2D eigenvalue weighted by atomic mass is 127. The van der Waals surface area contributed by atoms with Gasteiger partial charge in [0.05, 0.1) is 12.1 Å². The van der Waals surface area contributed by atoms with Crippen molar-refractivity contribution < 1.29 is 23.5 Å². The summed E-state index contributed by atoms with van der Waals surface area (Å²) in [5.41, 5.74) is 4.76. The average molecular weight is 485 g/mol. The van der Waals surface area contributed by atoms with E-state index >= 15 is 0 Å². The van der Waals surface area contributed by atoms with Crippen LogP contribution < -0.4 is 20.9 Å². The van der Waals surface area contributed by atoms with Crippen LogP contribution in [0.15, 0.2) is 48.5 Å². The molecule has 0 heterocycles. The molecule has 0 fully saturated rings. The Morgan fingerprint density at radius 3 is 2.44 bits per heavy atom. The van der Waals surface area contributed by atoms with Crippen molar-refractivity contribution >= 4 is 40.3 Å². The standard InChI is InChI=1S/C18H17FIN3O4/c1-11(27-15-9-5-3-7-13(15)19)17(25)23-22-16(24)10-21-18(26)12-6-2-4-8-14(12)20/h2-9,11H,10H2,1H3,(H,21,26)(H,22,24)(H,23,25). The molecule has 2 rings (SSSR count). The number of para-hydroxylation sites is 1. The lowest BCUT2D eigenvalue weighted by Gasteiger charge is -2.15. The van der Waals surface area contributed by atoms with Crippen LogP contribution in [0.2, 0.25) is 0 Å². The molecule has 2 aromatic carbocycles. The van der Waals surface area contributed by atoms with Gasteiger partial charge in [-0.25, -0.2) is 4.39 Å². The van der Waals surface area contributed by atoms with E-state index < -0.39 is 29.6 Å². The van der Waals surface area contributed by atoms with Gasteiger partial charge in [-0.3, -0.25) is 25.2 Å². The summed E-state index contributed by atoms with van der Waals surface area (Å²) in [4.78, 5) is 35.7. The Morgan fingerprint density at radius 2 is 1.74 bits per heavy atom. The number of carbonyl (C=O) groups is 3. The van der Waals surface area contributed by atoms with Gasteiger partial charge in [0, 0.05) is 3.57 Å². The smallest absolute Gasteiger partial charge is 0.279 e. The lowest BCUT2D eigenvalue weighted by Crippen LogP contribution is -2.50. The van der Waals surface area contributed by atoms with Crippen molar-refractivity contribution in [1.82, 2.24) is 16.2 Å². The Morgan fingerprint density at radius 1 is 1.07 bits per heavy atom. The van der Waals surface area contributed by atoms with Crippen molar-refractivity contribution in [2.75, 3.05) is 6.54 Å². The molecule has 0 radical (unpaired) electrons. The minimum atomic E-state index is -1.04. The van der Waals surface area contributed by atoms with Gasteiger partial charge in [0.1, 0.15) is 0 Å². The number of ether oxygens (including phenoxy) is 1. The van der Waals surface area contributed by atoms with Crippen molar-refractivity contribution in [3.05, 3.63) is 63.5 Å². The molecule has 1 unspecified atom stereocenters. The highest BCUT2D eigenvalue weighted by Gasteiger charge is 2.17. The third-order valence-electron chi connectivity index (χ3n) is 3.36. The predicted octanol–water partition coefficient (Wildman–Crippen LogP) is 1.77. The first-order valence-electron chi connectivity index (χ1n) is 7.91. The monoisotopic (exact) mass is 485 g/mol. The molecule has 0 aromatic heterocycles. The van der Waals surface area contributed by atoms with Gasteiger partial charge in [0.25, 0.3) is 17.7 Å². The minimum absolute atomic E-state index is 0.0730. The summed E-state index contributed by atoms with van der Waals surface area (Å²) in [7, 11) is 0. The second-order valence-corrected chi connectivity index (χ2v) is 6.55. The number of carbonyl (C=O) groups excluding carboxylic acids is 3. The van der Waals surface area contributed by atoms with Crippen LogP contribution in [-0.4, -0.2) is 30.4 Å². The van der Waals surface area contributed by atoms with Crippen molar-refractivity contribution in [2.24, 2.45) is 0 Å². The van der Waals surface area contributed by atoms with Gasteiger partial charge >= 0.3 is 0 Å². The molecule has 3 amide bonds. The molecule has 9 heteroatoms. The zero-order valence-electron chi connectivity index (χ0n) is 14.3. The molecule has 0 bridgehead atoms. The fourth-order valence-electron chi connectivity index (χ4n) is 1.96. The van der Waals surface area contributed by atoms with E-state index in [1.165, 1.54) is 25.1 Å². The first-order chi connectivity index (χ1) is 12.9. The molecular weight excluding hydrogens is 468 g/mol. The fourth-order valence-corrected chi connectivity index (χ4v) is 2.59. The number of hydrogen-bond donors (Lipinski definition) is 3. The van der Waals surface area contributed by atoms with Crippen LogP contribution in [0, 0.1) is 9.39 Å². The number of halogens is 2. The zero-order chi connectivity index (χ0) is 19.8. The molecule has 3 N–H and O–H groups in total. The van der Waals surface area contributed by atoms with E-state index in [1.54, 1.807) is 30.3 Å². The molecule has 0 aliphatic rings. The van der Waals surface area contributed by atoms with Crippen molar-refractivity contribution in [3.8, 4) is 5.75 Å². The molecule has 0 spiro atoms. The van der Waals surface area contributed by atoms with Gasteiger partial charge in [-0.05, 0) is 53.8 Å². The van der Waals surface area contributed by atoms with Crippen LogP contribution in [-0.2, 0) is 9.59 Å². The van der Waals surface area contributed by atoms with Crippen LogP contribution in [0.25, 0.3) is 0 Å². The fraction of sp³-hybridized carbons (Fsp3) is 0.167. The van der Waals surface area contributed by atoms with Gasteiger partial charge in [-0.1, -0.05) is 24.3 Å². The normalized spacial score (nSPS) is 11.2. The first kappa shape index (κ1) is 20.6. The second-order valence-electron chi connectivity index (χ2n) is 5.39. The second kappa shape index (κ2) is 9.86. The summed E-state index contributed by atoms with van der Waals surface area (Å²) < 4.78 is 19.5. The molecule has 0 aliphatic carbocycles. The number of amides is 3. The number of benzene rings is 2. The Balaban J connectivity index is 1.76.